The van der Waals surface area contributed by atoms with E-state index in [2.05, 4.69) is 16.9 Å². The molecule has 2 aromatic carbocycles. The molecule has 7 heteroatoms. The molecule has 1 heterocycles. The zero-order chi connectivity index (χ0) is 19.9. The molecule has 0 aliphatic carbocycles. The van der Waals surface area contributed by atoms with Crippen LogP contribution in [0.1, 0.15) is 12.5 Å². The molecule has 0 atom stereocenters. The summed E-state index contributed by atoms with van der Waals surface area (Å²) in [6.07, 6.45) is 3.42. The average Bonchev–Trinajstić information content (AvgIpc) is 3.02. The van der Waals surface area contributed by atoms with Crippen molar-refractivity contribution in [3.63, 3.8) is 0 Å². The average molecular weight is 398 g/mol. The van der Waals surface area contributed by atoms with Gasteiger partial charge in [0.15, 0.2) is 16.7 Å². The minimum absolute atomic E-state index is 0.240. The molecule has 0 unspecified atom stereocenters. The Morgan fingerprint density at radius 2 is 1.96 bits per heavy atom. The number of nitrogens with one attached hydrogen (secondary N) is 1. The Kier molecular flexibility index (Phi) is 6.49. The van der Waals surface area contributed by atoms with E-state index >= 15 is 0 Å². The lowest BCUT2D eigenvalue weighted by atomic mass is 10.2. The summed E-state index contributed by atoms with van der Waals surface area (Å²) in [5.41, 5.74) is 1.36. The molecule has 0 saturated carbocycles. The van der Waals surface area contributed by atoms with Crippen LogP contribution < -0.4 is 14.8 Å². The third-order valence-corrected chi connectivity index (χ3v) is 4.54. The van der Waals surface area contributed by atoms with Crippen molar-refractivity contribution in [3.8, 4) is 11.5 Å². The van der Waals surface area contributed by atoms with Gasteiger partial charge in [-0.25, -0.2) is 9.38 Å². The number of carbonyl (C=O) groups is 1. The molecular formula is C21H19FN2O3S. The van der Waals surface area contributed by atoms with Crippen molar-refractivity contribution in [1.82, 2.24) is 5.32 Å². The van der Waals surface area contributed by atoms with E-state index in [4.69, 9.17) is 9.47 Å². The van der Waals surface area contributed by atoms with E-state index in [1.165, 1.54) is 23.9 Å². The molecule has 0 radical (unpaired) electrons. The Bertz CT molecular complexity index is 939. The van der Waals surface area contributed by atoms with Gasteiger partial charge >= 0.3 is 0 Å². The molecule has 144 valence electrons. The number of hydrogen-bond acceptors (Lipinski definition) is 5. The Morgan fingerprint density at radius 1 is 1.18 bits per heavy atom. The molecule has 1 saturated heterocycles. The normalized spacial score (nSPS) is 16.3. The van der Waals surface area contributed by atoms with Crippen LogP contribution in [0.3, 0.4) is 0 Å². The fraction of sp³-hybridized carbons (Fsp3) is 0.143. The predicted octanol–water partition coefficient (Wildman–Crippen LogP) is 4.68. The van der Waals surface area contributed by atoms with Gasteiger partial charge in [0, 0.05) is 0 Å². The Balaban J connectivity index is 1.80. The summed E-state index contributed by atoms with van der Waals surface area (Å²) in [6, 6.07) is 11.2. The maximum absolute atomic E-state index is 13.0. The molecule has 5 nitrogen and oxygen atoms in total. The number of halogens is 1. The number of ether oxygens (including phenoxy) is 2. The van der Waals surface area contributed by atoms with E-state index in [1.54, 1.807) is 30.4 Å². The second-order valence-electron chi connectivity index (χ2n) is 5.70. The first kappa shape index (κ1) is 19.7. The van der Waals surface area contributed by atoms with Crippen molar-refractivity contribution >= 4 is 34.6 Å². The van der Waals surface area contributed by atoms with Crippen molar-refractivity contribution in [2.45, 2.75) is 6.92 Å². The van der Waals surface area contributed by atoms with Gasteiger partial charge in [-0.1, -0.05) is 18.7 Å². The van der Waals surface area contributed by atoms with E-state index in [0.717, 1.165) is 5.56 Å². The van der Waals surface area contributed by atoms with Crippen LogP contribution in [-0.4, -0.2) is 24.3 Å². The van der Waals surface area contributed by atoms with E-state index in [1.807, 2.05) is 19.1 Å². The van der Waals surface area contributed by atoms with Gasteiger partial charge in [0.25, 0.3) is 5.91 Å². The number of benzene rings is 2. The first-order chi connectivity index (χ1) is 13.6. The van der Waals surface area contributed by atoms with Gasteiger partial charge in [-0.15, -0.1) is 0 Å². The van der Waals surface area contributed by atoms with E-state index in [0.29, 0.717) is 40.5 Å². The number of amides is 1. The van der Waals surface area contributed by atoms with Crippen molar-refractivity contribution in [3.05, 3.63) is 71.4 Å². The van der Waals surface area contributed by atoms with Crippen LogP contribution in [0.2, 0.25) is 0 Å². The van der Waals surface area contributed by atoms with Crippen molar-refractivity contribution in [2.75, 3.05) is 13.2 Å². The maximum atomic E-state index is 13.0. The zero-order valence-corrected chi connectivity index (χ0v) is 16.1. The molecule has 1 aliphatic rings. The number of rotatable bonds is 7. The highest BCUT2D eigenvalue weighted by molar-refractivity contribution is 8.18. The number of aliphatic imine (C=N–C) groups is 1. The molecule has 1 N–H and O–H groups in total. The summed E-state index contributed by atoms with van der Waals surface area (Å²) in [7, 11) is 0. The Labute approximate surface area is 167 Å². The first-order valence-corrected chi connectivity index (χ1v) is 9.46. The minimum Gasteiger partial charge on any atom is -0.490 e. The lowest BCUT2D eigenvalue weighted by molar-refractivity contribution is -0.115. The number of amidine groups is 1. The summed E-state index contributed by atoms with van der Waals surface area (Å²) in [4.78, 5) is 17.1. The van der Waals surface area contributed by atoms with Crippen LogP contribution in [0.25, 0.3) is 6.08 Å². The third kappa shape index (κ3) is 5.01. The zero-order valence-electron chi connectivity index (χ0n) is 15.3. The van der Waals surface area contributed by atoms with Gasteiger partial charge in [-0.05, 0) is 66.7 Å². The van der Waals surface area contributed by atoms with E-state index < -0.39 is 0 Å². The van der Waals surface area contributed by atoms with Gasteiger partial charge in [0.2, 0.25) is 0 Å². The van der Waals surface area contributed by atoms with Crippen molar-refractivity contribution in [2.24, 2.45) is 4.99 Å². The van der Waals surface area contributed by atoms with Gasteiger partial charge < -0.3 is 14.8 Å². The van der Waals surface area contributed by atoms with E-state index in [9.17, 15) is 9.18 Å². The topological polar surface area (TPSA) is 59.9 Å². The number of carbonyl (C=O) groups excluding carboxylic acids is 1. The highest BCUT2D eigenvalue weighted by Crippen LogP contribution is 2.32. The summed E-state index contributed by atoms with van der Waals surface area (Å²) in [5.74, 6) is 0.641. The summed E-state index contributed by atoms with van der Waals surface area (Å²) < 4.78 is 24.2. The maximum Gasteiger partial charge on any atom is 0.264 e. The van der Waals surface area contributed by atoms with Crippen LogP contribution in [0, 0.1) is 5.82 Å². The fourth-order valence-corrected chi connectivity index (χ4v) is 3.26. The van der Waals surface area contributed by atoms with Gasteiger partial charge in [0.05, 0.1) is 17.2 Å². The molecule has 28 heavy (non-hydrogen) atoms. The lowest BCUT2D eigenvalue weighted by Crippen LogP contribution is -2.19. The SMILES string of the molecule is C=CCOc1ccc(/C=C2\SC(=Nc3ccc(F)cc3)NC2=O)cc1OCC. The molecule has 0 aromatic heterocycles. The number of hydrogen-bond donors (Lipinski definition) is 1. The Morgan fingerprint density at radius 3 is 2.68 bits per heavy atom. The van der Waals surface area contributed by atoms with Crippen molar-refractivity contribution in [1.29, 1.82) is 0 Å². The van der Waals surface area contributed by atoms with Crippen LogP contribution in [-0.2, 0) is 4.79 Å². The molecule has 2 aromatic rings. The van der Waals surface area contributed by atoms with Gasteiger partial charge in [-0.2, -0.15) is 0 Å². The van der Waals surface area contributed by atoms with Crippen LogP contribution >= 0.6 is 11.8 Å². The third-order valence-electron chi connectivity index (χ3n) is 3.63. The number of nitrogens with zero attached hydrogens (tertiary/aromatic N) is 1. The van der Waals surface area contributed by atoms with Gasteiger partial charge in [-0.3, -0.25) is 4.79 Å². The molecule has 0 spiro atoms. The van der Waals surface area contributed by atoms with Crippen LogP contribution in [0.15, 0.2) is 65.0 Å². The molecule has 1 aliphatic heterocycles. The molecule has 1 fully saturated rings. The molecule has 3 rings (SSSR count). The first-order valence-electron chi connectivity index (χ1n) is 8.64. The molecule has 0 bridgehead atoms. The summed E-state index contributed by atoms with van der Waals surface area (Å²) >= 11 is 1.22. The largest absolute Gasteiger partial charge is 0.490 e. The second-order valence-corrected chi connectivity index (χ2v) is 6.73. The summed E-state index contributed by atoms with van der Waals surface area (Å²) in [6.45, 7) is 6.40. The standard InChI is InChI=1S/C21H19FN2O3S/c1-3-11-27-17-10-5-14(12-18(17)26-4-2)13-19-20(25)24-21(28-19)23-16-8-6-15(22)7-9-16/h3,5-10,12-13H,1,4,11H2,2H3,(H,23,24,25)/b19-13-. The van der Waals surface area contributed by atoms with E-state index in [-0.39, 0.29) is 11.7 Å². The van der Waals surface area contributed by atoms with Crippen LogP contribution in [0.4, 0.5) is 10.1 Å². The Hall–Kier alpha value is -3.06. The van der Waals surface area contributed by atoms with Crippen LogP contribution in [0.5, 0.6) is 11.5 Å². The molecular weight excluding hydrogens is 379 g/mol. The quantitative estimate of drug-likeness (QED) is 0.543. The second kappa shape index (κ2) is 9.23. The highest BCUT2D eigenvalue weighted by Gasteiger charge is 2.24. The van der Waals surface area contributed by atoms with Gasteiger partial charge in [0.1, 0.15) is 12.4 Å². The fourth-order valence-electron chi connectivity index (χ4n) is 2.42. The number of thioether (sulfide) groups is 1. The lowest BCUT2D eigenvalue weighted by Gasteiger charge is -2.11. The predicted molar refractivity (Wildman–Crippen MR) is 111 cm³/mol. The smallest absolute Gasteiger partial charge is 0.264 e. The monoisotopic (exact) mass is 398 g/mol. The minimum atomic E-state index is -0.335. The molecule has 1 amide bonds. The summed E-state index contributed by atoms with van der Waals surface area (Å²) in [5, 5.41) is 3.15. The van der Waals surface area contributed by atoms with Crippen molar-refractivity contribution < 1.29 is 18.7 Å². The highest BCUT2D eigenvalue weighted by atomic mass is 32.2.